The first-order chi connectivity index (χ1) is 12.1. The maximum atomic E-state index is 12.7. The highest BCUT2D eigenvalue weighted by Crippen LogP contribution is 2.27. The van der Waals surface area contributed by atoms with E-state index in [-0.39, 0.29) is 25.0 Å². The highest BCUT2D eigenvalue weighted by molar-refractivity contribution is 5.94. The van der Waals surface area contributed by atoms with Crippen LogP contribution < -0.4 is 0 Å². The van der Waals surface area contributed by atoms with E-state index in [1.54, 1.807) is 0 Å². The fourth-order valence-corrected chi connectivity index (χ4v) is 4.08. The molecule has 0 aliphatic carbocycles. The summed E-state index contributed by atoms with van der Waals surface area (Å²) in [6.45, 7) is 6.74. The molecule has 2 aliphatic heterocycles. The molecule has 2 saturated heterocycles. The largest absolute Gasteiger partial charge is 0.396 e. The third-order valence-corrected chi connectivity index (χ3v) is 5.85. The molecule has 3 rings (SSSR count). The van der Waals surface area contributed by atoms with Gasteiger partial charge in [0.05, 0.1) is 0 Å². The molecule has 1 aromatic carbocycles. The summed E-state index contributed by atoms with van der Waals surface area (Å²) in [7, 11) is 0. The maximum Gasteiger partial charge on any atom is 0.253 e. The Kier molecular flexibility index (Phi) is 6.10. The van der Waals surface area contributed by atoms with Crippen molar-refractivity contribution >= 4 is 5.91 Å². The molecule has 2 fully saturated rings. The van der Waals surface area contributed by atoms with E-state index in [4.69, 9.17) is 0 Å². The van der Waals surface area contributed by atoms with Crippen LogP contribution in [0.5, 0.6) is 0 Å². The number of aliphatic hydroxyl groups is 2. The van der Waals surface area contributed by atoms with Crippen LogP contribution >= 0.6 is 0 Å². The van der Waals surface area contributed by atoms with E-state index in [0.29, 0.717) is 18.4 Å². The Morgan fingerprint density at radius 3 is 2.28 bits per heavy atom. The van der Waals surface area contributed by atoms with Crippen molar-refractivity contribution in [2.75, 3.05) is 45.9 Å². The maximum absolute atomic E-state index is 12.7. The number of carbonyl (C=O) groups excluding carboxylic acids is 1. The third-order valence-electron chi connectivity index (χ3n) is 5.85. The van der Waals surface area contributed by atoms with Gasteiger partial charge in [-0.1, -0.05) is 17.7 Å². The van der Waals surface area contributed by atoms with Gasteiger partial charge in [0.2, 0.25) is 0 Å². The number of likely N-dealkylation sites (tertiary alicyclic amines) is 2. The molecule has 0 aromatic heterocycles. The third kappa shape index (κ3) is 4.40. The summed E-state index contributed by atoms with van der Waals surface area (Å²) in [6.07, 6.45) is 2.08. The fraction of sp³-hybridized carbons (Fsp3) is 0.650. The average molecular weight is 346 g/mol. The second-order valence-electron chi connectivity index (χ2n) is 7.71. The van der Waals surface area contributed by atoms with Crippen LogP contribution in [0.2, 0.25) is 0 Å². The van der Waals surface area contributed by atoms with E-state index in [0.717, 1.165) is 50.1 Å². The second kappa shape index (κ2) is 8.30. The molecule has 2 N–H and O–H groups in total. The van der Waals surface area contributed by atoms with Crippen LogP contribution in [0.15, 0.2) is 24.3 Å². The van der Waals surface area contributed by atoms with Crippen LogP contribution in [0.25, 0.3) is 0 Å². The van der Waals surface area contributed by atoms with Crippen molar-refractivity contribution in [1.82, 2.24) is 9.80 Å². The van der Waals surface area contributed by atoms with Crippen molar-refractivity contribution in [3.8, 4) is 0 Å². The minimum Gasteiger partial charge on any atom is -0.396 e. The number of carbonyl (C=O) groups is 1. The molecule has 0 spiro atoms. The molecule has 0 bridgehead atoms. The van der Waals surface area contributed by atoms with E-state index in [2.05, 4.69) is 4.90 Å². The predicted octanol–water partition coefficient (Wildman–Crippen LogP) is 1.38. The molecule has 5 nitrogen and oxygen atoms in total. The topological polar surface area (TPSA) is 64.0 Å². The van der Waals surface area contributed by atoms with Gasteiger partial charge in [0, 0.05) is 44.3 Å². The molecule has 5 heteroatoms. The zero-order valence-corrected chi connectivity index (χ0v) is 15.1. The predicted molar refractivity (Wildman–Crippen MR) is 97.4 cm³/mol. The van der Waals surface area contributed by atoms with Crippen LogP contribution in [-0.2, 0) is 0 Å². The summed E-state index contributed by atoms with van der Waals surface area (Å²) in [4.78, 5) is 17.1. The summed E-state index contributed by atoms with van der Waals surface area (Å²) in [5.74, 6) is 0.989. The lowest BCUT2D eigenvalue weighted by Crippen LogP contribution is -2.40. The minimum absolute atomic E-state index is 0.0694. The summed E-state index contributed by atoms with van der Waals surface area (Å²) in [5, 5.41) is 19.0. The van der Waals surface area contributed by atoms with Crippen molar-refractivity contribution in [3.05, 3.63) is 35.4 Å². The van der Waals surface area contributed by atoms with E-state index >= 15 is 0 Å². The molecule has 0 saturated carbocycles. The highest BCUT2D eigenvalue weighted by atomic mass is 16.3. The number of amides is 1. The number of aliphatic hydroxyl groups excluding tert-OH is 2. The molecule has 2 unspecified atom stereocenters. The summed E-state index contributed by atoms with van der Waals surface area (Å²) in [5.41, 5.74) is 1.88. The van der Waals surface area contributed by atoms with Crippen molar-refractivity contribution < 1.29 is 15.0 Å². The van der Waals surface area contributed by atoms with Crippen LogP contribution in [-0.4, -0.2) is 71.9 Å². The molecule has 25 heavy (non-hydrogen) atoms. The number of benzene rings is 1. The Labute approximate surface area is 150 Å². The fourth-order valence-electron chi connectivity index (χ4n) is 4.08. The van der Waals surface area contributed by atoms with Gasteiger partial charge in [-0.2, -0.15) is 0 Å². The molecule has 2 atom stereocenters. The van der Waals surface area contributed by atoms with Gasteiger partial charge in [0.15, 0.2) is 0 Å². The normalized spacial score (nSPS) is 25.5. The lowest BCUT2D eigenvalue weighted by Gasteiger charge is -2.33. The summed E-state index contributed by atoms with van der Waals surface area (Å²) < 4.78 is 0. The van der Waals surface area contributed by atoms with Gasteiger partial charge in [-0.15, -0.1) is 0 Å². The standard InChI is InChI=1S/C20H30N2O3/c1-15-2-4-17(5-3-15)20(25)22-11-18(19(12-22)14-24)10-21-8-6-16(13-23)7-9-21/h2-5,16,18-19,23-24H,6-14H2,1H3. The summed E-state index contributed by atoms with van der Waals surface area (Å²) >= 11 is 0. The lowest BCUT2D eigenvalue weighted by atomic mass is 9.93. The first kappa shape index (κ1) is 18.4. The Balaban J connectivity index is 1.58. The van der Waals surface area contributed by atoms with Gasteiger partial charge in [-0.3, -0.25) is 4.79 Å². The number of hydrogen-bond donors (Lipinski definition) is 2. The van der Waals surface area contributed by atoms with Gasteiger partial charge in [0.1, 0.15) is 0 Å². The Bertz CT molecular complexity index is 567. The second-order valence-corrected chi connectivity index (χ2v) is 7.71. The number of piperidine rings is 1. The number of aryl methyl sites for hydroxylation is 1. The molecular weight excluding hydrogens is 316 g/mol. The van der Waals surface area contributed by atoms with Gasteiger partial charge >= 0.3 is 0 Å². The van der Waals surface area contributed by atoms with Crippen molar-refractivity contribution in [2.24, 2.45) is 17.8 Å². The summed E-state index contributed by atoms with van der Waals surface area (Å²) in [6, 6.07) is 7.71. The van der Waals surface area contributed by atoms with E-state index in [9.17, 15) is 15.0 Å². The molecule has 138 valence electrons. The smallest absolute Gasteiger partial charge is 0.253 e. The van der Waals surface area contributed by atoms with Crippen molar-refractivity contribution in [3.63, 3.8) is 0 Å². The minimum atomic E-state index is 0.0694. The first-order valence-electron chi connectivity index (χ1n) is 9.40. The van der Waals surface area contributed by atoms with Crippen LogP contribution in [0.4, 0.5) is 0 Å². The Morgan fingerprint density at radius 1 is 1.04 bits per heavy atom. The molecule has 1 amide bonds. The lowest BCUT2D eigenvalue weighted by molar-refractivity contribution is 0.0776. The SMILES string of the molecule is Cc1ccc(C(=O)N2CC(CO)C(CN3CCC(CO)CC3)C2)cc1. The molecule has 1 aromatic rings. The van der Waals surface area contributed by atoms with Crippen LogP contribution in [0.1, 0.15) is 28.8 Å². The van der Waals surface area contributed by atoms with E-state index in [1.165, 1.54) is 0 Å². The zero-order valence-electron chi connectivity index (χ0n) is 15.1. The molecule has 0 radical (unpaired) electrons. The Hall–Kier alpha value is -1.43. The molecule has 2 heterocycles. The first-order valence-corrected chi connectivity index (χ1v) is 9.40. The monoisotopic (exact) mass is 346 g/mol. The van der Waals surface area contributed by atoms with E-state index < -0.39 is 0 Å². The van der Waals surface area contributed by atoms with Gasteiger partial charge in [-0.05, 0) is 56.8 Å². The van der Waals surface area contributed by atoms with Crippen LogP contribution in [0, 0.1) is 24.7 Å². The van der Waals surface area contributed by atoms with Crippen molar-refractivity contribution in [2.45, 2.75) is 19.8 Å². The number of nitrogens with zero attached hydrogens (tertiary/aromatic N) is 2. The average Bonchev–Trinajstić information content (AvgIpc) is 3.05. The highest BCUT2D eigenvalue weighted by Gasteiger charge is 2.36. The number of hydrogen-bond acceptors (Lipinski definition) is 4. The van der Waals surface area contributed by atoms with Crippen LogP contribution in [0.3, 0.4) is 0 Å². The van der Waals surface area contributed by atoms with Gasteiger partial charge in [0.25, 0.3) is 5.91 Å². The van der Waals surface area contributed by atoms with E-state index in [1.807, 2.05) is 36.1 Å². The van der Waals surface area contributed by atoms with Crippen molar-refractivity contribution in [1.29, 1.82) is 0 Å². The zero-order chi connectivity index (χ0) is 17.8. The molecular formula is C20H30N2O3. The quantitative estimate of drug-likeness (QED) is 0.845. The van der Waals surface area contributed by atoms with Gasteiger partial charge in [-0.25, -0.2) is 0 Å². The Morgan fingerprint density at radius 2 is 1.68 bits per heavy atom. The van der Waals surface area contributed by atoms with Gasteiger partial charge < -0.3 is 20.0 Å². The molecule has 2 aliphatic rings. The number of rotatable bonds is 5.